The van der Waals surface area contributed by atoms with Crippen molar-refractivity contribution in [2.45, 2.75) is 64.3 Å². The zero-order valence-corrected chi connectivity index (χ0v) is 11.9. The Kier molecular flexibility index (Phi) is 6.47. The summed E-state index contributed by atoms with van der Waals surface area (Å²) in [6.45, 7) is 5.66. The van der Waals surface area contributed by atoms with E-state index in [4.69, 9.17) is 5.73 Å². The average molecular weight is 255 g/mol. The van der Waals surface area contributed by atoms with Crippen LogP contribution in [0.5, 0.6) is 0 Å². The Bertz CT molecular complexity index is 247. The van der Waals surface area contributed by atoms with Gasteiger partial charge in [0.15, 0.2) is 0 Å². The summed E-state index contributed by atoms with van der Waals surface area (Å²) < 4.78 is 0. The lowest BCUT2D eigenvalue weighted by Gasteiger charge is -2.39. The number of carbonyl (C=O) groups excluding carboxylic acids is 1. The minimum absolute atomic E-state index is 0.0520. The highest BCUT2D eigenvalue weighted by Gasteiger charge is 2.34. The molecule has 1 aliphatic rings. The topological polar surface area (TPSA) is 67.2 Å². The van der Waals surface area contributed by atoms with Crippen molar-refractivity contribution in [3.8, 4) is 0 Å². The van der Waals surface area contributed by atoms with Gasteiger partial charge in [0.2, 0.25) is 0 Å². The maximum Gasteiger partial charge on any atom is 0.315 e. The largest absolute Gasteiger partial charge is 0.338 e. The van der Waals surface area contributed by atoms with Crippen molar-refractivity contribution in [1.82, 2.24) is 10.6 Å². The highest BCUT2D eigenvalue weighted by atomic mass is 16.2. The Labute approximate surface area is 111 Å². The van der Waals surface area contributed by atoms with Crippen LogP contribution in [0.25, 0.3) is 0 Å². The number of hydrogen-bond donors (Lipinski definition) is 3. The molecule has 18 heavy (non-hydrogen) atoms. The first-order valence-corrected chi connectivity index (χ1v) is 7.42. The molecule has 1 aliphatic carbocycles. The van der Waals surface area contributed by atoms with Crippen LogP contribution >= 0.6 is 0 Å². The van der Waals surface area contributed by atoms with E-state index >= 15 is 0 Å². The second-order valence-electron chi connectivity index (χ2n) is 5.57. The second-order valence-corrected chi connectivity index (χ2v) is 5.57. The molecule has 4 nitrogen and oxygen atoms in total. The summed E-state index contributed by atoms with van der Waals surface area (Å²) in [7, 11) is 0. The summed E-state index contributed by atoms with van der Waals surface area (Å²) >= 11 is 0. The predicted molar refractivity (Wildman–Crippen MR) is 75.5 cm³/mol. The number of carbonyl (C=O) groups is 1. The highest BCUT2D eigenvalue weighted by Crippen LogP contribution is 2.33. The van der Waals surface area contributed by atoms with Gasteiger partial charge in [0.25, 0.3) is 0 Å². The Morgan fingerprint density at radius 2 is 2.00 bits per heavy atom. The van der Waals surface area contributed by atoms with Crippen LogP contribution in [0.3, 0.4) is 0 Å². The average Bonchev–Trinajstić information content (AvgIpc) is 2.40. The molecular formula is C14H29N3O. The van der Waals surface area contributed by atoms with E-state index in [-0.39, 0.29) is 11.6 Å². The van der Waals surface area contributed by atoms with Crippen LogP contribution in [0, 0.1) is 5.92 Å². The molecule has 2 amide bonds. The van der Waals surface area contributed by atoms with E-state index in [1.165, 1.54) is 19.3 Å². The van der Waals surface area contributed by atoms with Crippen LogP contribution in [0.15, 0.2) is 0 Å². The molecule has 4 N–H and O–H groups in total. The Morgan fingerprint density at radius 1 is 1.33 bits per heavy atom. The molecule has 0 radical (unpaired) electrons. The fraction of sp³-hybridized carbons (Fsp3) is 0.929. The van der Waals surface area contributed by atoms with E-state index in [1.54, 1.807) is 0 Å². The van der Waals surface area contributed by atoms with Gasteiger partial charge in [0, 0.05) is 13.1 Å². The molecule has 0 saturated heterocycles. The summed E-state index contributed by atoms with van der Waals surface area (Å²) in [5, 5.41) is 6.02. The molecule has 106 valence electrons. The Hall–Kier alpha value is -0.770. The van der Waals surface area contributed by atoms with Crippen LogP contribution in [-0.4, -0.2) is 24.7 Å². The monoisotopic (exact) mass is 255 g/mol. The third kappa shape index (κ3) is 4.48. The van der Waals surface area contributed by atoms with Gasteiger partial charge in [-0.3, -0.25) is 0 Å². The molecule has 0 bridgehead atoms. The molecule has 0 unspecified atom stereocenters. The molecule has 0 aromatic heterocycles. The summed E-state index contributed by atoms with van der Waals surface area (Å²) in [5.74, 6) is 0.814. The van der Waals surface area contributed by atoms with Crippen molar-refractivity contribution in [3.63, 3.8) is 0 Å². The number of rotatable bonds is 6. The van der Waals surface area contributed by atoms with Crippen LogP contribution < -0.4 is 16.4 Å². The van der Waals surface area contributed by atoms with Gasteiger partial charge < -0.3 is 16.4 Å². The fourth-order valence-electron chi connectivity index (χ4n) is 2.68. The molecule has 1 saturated carbocycles. The van der Waals surface area contributed by atoms with Gasteiger partial charge in [0.05, 0.1) is 5.54 Å². The Morgan fingerprint density at radius 3 is 2.50 bits per heavy atom. The van der Waals surface area contributed by atoms with E-state index in [1.807, 2.05) is 0 Å². The molecule has 0 heterocycles. The van der Waals surface area contributed by atoms with Gasteiger partial charge in [-0.1, -0.05) is 26.7 Å². The van der Waals surface area contributed by atoms with Gasteiger partial charge in [-0.15, -0.1) is 0 Å². The second kappa shape index (κ2) is 7.62. The Balaban J connectivity index is 2.39. The molecule has 4 heteroatoms. The number of nitrogens with two attached hydrogens (primary N) is 1. The number of hydrogen-bond acceptors (Lipinski definition) is 2. The summed E-state index contributed by atoms with van der Waals surface area (Å²) in [6.07, 6.45) is 7.77. The smallest absolute Gasteiger partial charge is 0.315 e. The van der Waals surface area contributed by atoms with E-state index < -0.39 is 0 Å². The zero-order valence-electron chi connectivity index (χ0n) is 11.9. The van der Waals surface area contributed by atoms with Crippen molar-refractivity contribution in [2.75, 3.05) is 13.1 Å². The third-order valence-electron chi connectivity index (χ3n) is 4.22. The van der Waals surface area contributed by atoms with E-state index in [2.05, 4.69) is 24.5 Å². The van der Waals surface area contributed by atoms with Crippen molar-refractivity contribution >= 4 is 6.03 Å². The lowest BCUT2D eigenvalue weighted by atomic mass is 9.75. The first-order chi connectivity index (χ1) is 8.65. The molecule has 0 aliphatic heterocycles. The molecule has 1 fully saturated rings. The standard InChI is InChI=1S/C14H29N3O/c1-3-5-10-16-13(18)17-14(11-15)8-6-12(4-2)7-9-14/h12H,3-11,15H2,1-2H3,(H2,16,17,18). The van der Waals surface area contributed by atoms with Crippen molar-refractivity contribution in [2.24, 2.45) is 11.7 Å². The minimum atomic E-state index is -0.165. The summed E-state index contributed by atoms with van der Waals surface area (Å²) in [6, 6.07) is -0.0520. The molecule has 1 rings (SSSR count). The summed E-state index contributed by atoms with van der Waals surface area (Å²) in [5.41, 5.74) is 5.72. The van der Waals surface area contributed by atoms with Crippen LogP contribution in [0.4, 0.5) is 4.79 Å². The lowest BCUT2D eigenvalue weighted by molar-refractivity contribution is 0.182. The van der Waals surface area contributed by atoms with Crippen molar-refractivity contribution < 1.29 is 4.79 Å². The van der Waals surface area contributed by atoms with Gasteiger partial charge in [0.1, 0.15) is 0 Å². The predicted octanol–water partition coefficient (Wildman–Crippen LogP) is 2.38. The SMILES string of the molecule is CCCCNC(=O)NC1(CN)CCC(CC)CC1. The maximum atomic E-state index is 11.8. The van der Waals surface area contributed by atoms with Gasteiger partial charge >= 0.3 is 6.03 Å². The highest BCUT2D eigenvalue weighted by molar-refractivity contribution is 5.74. The van der Waals surface area contributed by atoms with E-state index in [0.717, 1.165) is 38.1 Å². The van der Waals surface area contributed by atoms with Crippen LogP contribution in [0.1, 0.15) is 58.8 Å². The zero-order chi connectivity index (χ0) is 13.4. The summed E-state index contributed by atoms with van der Waals surface area (Å²) in [4.78, 5) is 11.8. The van der Waals surface area contributed by atoms with E-state index in [0.29, 0.717) is 6.54 Å². The number of unbranched alkanes of at least 4 members (excludes halogenated alkanes) is 1. The lowest BCUT2D eigenvalue weighted by Crippen LogP contribution is -2.58. The van der Waals surface area contributed by atoms with Crippen molar-refractivity contribution in [3.05, 3.63) is 0 Å². The van der Waals surface area contributed by atoms with Gasteiger partial charge in [-0.05, 0) is 38.0 Å². The fourth-order valence-corrected chi connectivity index (χ4v) is 2.68. The minimum Gasteiger partial charge on any atom is -0.338 e. The first-order valence-electron chi connectivity index (χ1n) is 7.42. The van der Waals surface area contributed by atoms with Crippen molar-refractivity contribution in [1.29, 1.82) is 0 Å². The molecule has 0 spiro atoms. The number of urea groups is 1. The third-order valence-corrected chi connectivity index (χ3v) is 4.22. The van der Waals surface area contributed by atoms with E-state index in [9.17, 15) is 4.79 Å². The van der Waals surface area contributed by atoms with Crippen LogP contribution in [-0.2, 0) is 0 Å². The first kappa shape index (κ1) is 15.3. The molecule has 0 atom stereocenters. The molecule has 0 aromatic rings. The molecular weight excluding hydrogens is 226 g/mol. The van der Waals surface area contributed by atoms with Gasteiger partial charge in [-0.25, -0.2) is 4.79 Å². The maximum absolute atomic E-state index is 11.8. The number of nitrogens with one attached hydrogen (secondary N) is 2. The number of amides is 2. The quantitative estimate of drug-likeness (QED) is 0.638. The molecule has 0 aromatic carbocycles. The normalized spacial score (nSPS) is 27.8. The van der Waals surface area contributed by atoms with Crippen LogP contribution in [0.2, 0.25) is 0 Å². The van der Waals surface area contributed by atoms with Gasteiger partial charge in [-0.2, -0.15) is 0 Å².